The van der Waals surface area contributed by atoms with Crippen molar-refractivity contribution in [1.82, 2.24) is 0 Å². The molecule has 2 rings (SSSR count). The Morgan fingerprint density at radius 3 is 2.92 bits per heavy atom. The van der Waals surface area contributed by atoms with E-state index in [1.54, 1.807) is 6.07 Å². The van der Waals surface area contributed by atoms with Crippen molar-refractivity contribution in [3.05, 3.63) is 40.9 Å². The van der Waals surface area contributed by atoms with Gasteiger partial charge in [0.2, 0.25) is 0 Å². The molecule has 2 heteroatoms. The van der Waals surface area contributed by atoms with Gasteiger partial charge in [0.15, 0.2) is 0 Å². The van der Waals surface area contributed by atoms with Crippen molar-refractivity contribution < 1.29 is 5.11 Å². The third-order valence-electron chi connectivity index (χ3n) is 1.78. The zero-order valence-corrected chi connectivity index (χ0v) is 7.80. The lowest BCUT2D eigenvalue weighted by atomic mass is 10.1. The fraction of sp³-hybridized carbons (Fsp3) is 0. The standard InChI is InChI=1S/C10H6BrO/c11-10-8-4-2-1-3-7(8)5-6-9(10)12/h2-6,12H. The fourth-order valence-electron chi connectivity index (χ4n) is 1.16. The van der Waals surface area contributed by atoms with E-state index in [1.165, 1.54) is 0 Å². The van der Waals surface area contributed by atoms with Gasteiger partial charge in [-0.3, -0.25) is 0 Å². The van der Waals surface area contributed by atoms with Gasteiger partial charge in [-0.05, 0) is 44.9 Å². The summed E-state index contributed by atoms with van der Waals surface area (Å²) in [6.07, 6.45) is 0. The molecule has 59 valence electrons. The Bertz CT molecular complexity index is 423. The Labute approximate surface area is 78.8 Å². The first-order valence-electron chi connectivity index (χ1n) is 3.56. The molecule has 0 aliphatic carbocycles. The summed E-state index contributed by atoms with van der Waals surface area (Å²) in [4.78, 5) is 0. The van der Waals surface area contributed by atoms with Crippen LogP contribution in [0.5, 0.6) is 5.75 Å². The molecule has 0 unspecified atom stereocenters. The normalized spacial score (nSPS) is 10.4. The minimum Gasteiger partial charge on any atom is -0.507 e. The van der Waals surface area contributed by atoms with E-state index in [0.717, 1.165) is 15.2 Å². The first-order chi connectivity index (χ1) is 5.79. The predicted octanol–water partition coefficient (Wildman–Crippen LogP) is 3.11. The summed E-state index contributed by atoms with van der Waals surface area (Å²) >= 11 is 3.32. The number of fused-ring (bicyclic) bond motifs is 1. The maximum atomic E-state index is 9.36. The van der Waals surface area contributed by atoms with E-state index in [0.29, 0.717) is 0 Å². The molecule has 0 bridgehead atoms. The van der Waals surface area contributed by atoms with E-state index in [1.807, 2.05) is 24.3 Å². The Hall–Kier alpha value is -1.02. The summed E-state index contributed by atoms with van der Waals surface area (Å²) in [7, 11) is 0. The summed E-state index contributed by atoms with van der Waals surface area (Å²) < 4.78 is 0.744. The Balaban J connectivity index is 2.91. The van der Waals surface area contributed by atoms with Crippen molar-refractivity contribution in [3.8, 4) is 5.75 Å². The van der Waals surface area contributed by atoms with Crippen LogP contribution in [0.25, 0.3) is 10.8 Å². The number of rotatable bonds is 0. The van der Waals surface area contributed by atoms with Gasteiger partial charge in [0.1, 0.15) is 5.75 Å². The number of benzene rings is 2. The SMILES string of the molecule is Oc1ccc2c[c]ccc2c1Br. The Morgan fingerprint density at radius 2 is 2.08 bits per heavy atom. The van der Waals surface area contributed by atoms with Gasteiger partial charge in [-0.15, -0.1) is 0 Å². The molecule has 0 fully saturated rings. The van der Waals surface area contributed by atoms with E-state index in [-0.39, 0.29) is 5.75 Å². The number of hydrogen-bond acceptors (Lipinski definition) is 1. The summed E-state index contributed by atoms with van der Waals surface area (Å²) in [5, 5.41) is 11.4. The quantitative estimate of drug-likeness (QED) is 0.725. The third kappa shape index (κ3) is 1.08. The highest BCUT2D eigenvalue weighted by atomic mass is 79.9. The van der Waals surface area contributed by atoms with Crippen LogP contribution in [-0.4, -0.2) is 5.11 Å². The molecule has 0 aliphatic rings. The van der Waals surface area contributed by atoms with Crippen LogP contribution in [0.1, 0.15) is 0 Å². The molecule has 12 heavy (non-hydrogen) atoms. The number of hydrogen-bond donors (Lipinski definition) is 1. The smallest absolute Gasteiger partial charge is 0.130 e. The summed E-state index contributed by atoms with van der Waals surface area (Å²) in [5.74, 6) is 0.272. The largest absolute Gasteiger partial charge is 0.507 e. The molecule has 0 amide bonds. The second-order valence-electron chi connectivity index (χ2n) is 2.55. The van der Waals surface area contributed by atoms with Crippen molar-refractivity contribution in [2.75, 3.05) is 0 Å². The molecule has 0 saturated heterocycles. The molecule has 1 N–H and O–H groups in total. The molecule has 0 heterocycles. The van der Waals surface area contributed by atoms with Crippen LogP contribution in [0.2, 0.25) is 0 Å². The molecule has 2 aromatic carbocycles. The first kappa shape index (κ1) is 7.62. The lowest BCUT2D eigenvalue weighted by Crippen LogP contribution is -1.74. The Morgan fingerprint density at radius 1 is 1.25 bits per heavy atom. The minimum atomic E-state index is 0.272. The van der Waals surface area contributed by atoms with Crippen LogP contribution in [0.4, 0.5) is 0 Å². The number of halogens is 1. The van der Waals surface area contributed by atoms with E-state index in [4.69, 9.17) is 0 Å². The van der Waals surface area contributed by atoms with Gasteiger partial charge in [0.05, 0.1) is 4.47 Å². The number of aromatic hydroxyl groups is 1. The lowest BCUT2D eigenvalue weighted by molar-refractivity contribution is 0.473. The van der Waals surface area contributed by atoms with Crippen LogP contribution in [-0.2, 0) is 0 Å². The molecular weight excluding hydrogens is 216 g/mol. The van der Waals surface area contributed by atoms with E-state index in [9.17, 15) is 5.11 Å². The van der Waals surface area contributed by atoms with Gasteiger partial charge in [-0.2, -0.15) is 0 Å². The van der Waals surface area contributed by atoms with Gasteiger partial charge < -0.3 is 5.11 Å². The highest BCUT2D eigenvalue weighted by molar-refractivity contribution is 9.10. The fourth-order valence-corrected chi connectivity index (χ4v) is 1.65. The van der Waals surface area contributed by atoms with Gasteiger partial charge in [-0.25, -0.2) is 0 Å². The lowest BCUT2D eigenvalue weighted by Gasteiger charge is -2.01. The number of phenols is 1. The molecular formula is C10H6BrO. The summed E-state index contributed by atoms with van der Waals surface area (Å²) in [6.45, 7) is 0. The molecule has 1 nitrogen and oxygen atoms in total. The second-order valence-corrected chi connectivity index (χ2v) is 3.34. The zero-order valence-electron chi connectivity index (χ0n) is 6.21. The highest BCUT2D eigenvalue weighted by Gasteiger charge is 2.01. The maximum Gasteiger partial charge on any atom is 0.130 e. The van der Waals surface area contributed by atoms with E-state index in [2.05, 4.69) is 22.0 Å². The molecule has 0 spiro atoms. The minimum absolute atomic E-state index is 0.272. The second kappa shape index (κ2) is 2.79. The molecule has 0 saturated carbocycles. The molecule has 0 atom stereocenters. The first-order valence-corrected chi connectivity index (χ1v) is 4.35. The number of phenolic OH excluding ortho intramolecular Hbond substituents is 1. The van der Waals surface area contributed by atoms with Crippen molar-refractivity contribution in [2.24, 2.45) is 0 Å². The topological polar surface area (TPSA) is 20.2 Å². The van der Waals surface area contributed by atoms with Gasteiger partial charge in [0.25, 0.3) is 0 Å². The van der Waals surface area contributed by atoms with Crippen molar-refractivity contribution in [3.63, 3.8) is 0 Å². The van der Waals surface area contributed by atoms with Gasteiger partial charge in [-0.1, -0.05) is 18.2 Å². The molecule has 1 radical (unpaired) electrons. The van der Waals surface area contributed by atoms with E-state index < -0.39 is 0 Å². The van der Waals surface area contributed by atoms with Gasteiger partial charge in [0, 0.05) is 0 Å². The van der Waals surface area contributed by atoms with Crippen LogP contribution in [0, 0.1) is 6.07 Å². The monoisotopic (exact) mass is 221 g/mol. The maximum absolute atomic E-state index is 9.36. The summed E-state index contributed by atoms with van der Waals surface area (Å²) in [5.41, 5.74) is 0. The van der Waals surface area contributed by atoms with Crippen LogP contribution < -0.4 is 0 Å². The van der Waals surface area contributed by atoms with Crippen molar-refractivity contribution >= 4 is 26.7 Å². The highest BCUT2D eigenvalue weighted by Crippen LogP contribution is 2.31. The van der Waals surface area contributed by atoms with Crippen LogP contribution in [0.3, 0.4) is 0 Å². The van der Waals surface area contributed by atoms with Crippen molar-refractivity contribution in [2.45, 2.75) is 0 Å². The molecule has 2 aromatic rings. The third-order valence-corrected chi connectivity index (χ3v) is 2.61. The molecule has 0 aliphatic heterocycles. The molecule has 0 aromatic heterocycles. The Kier molecular flexibility index (Phi) is 1.77. The summed E-state index contributed by atoms with van der Waals surface area (Å²) in [6, 6.07) is 12.1. The van der Waals surface area contributed by atoms with Gasteiger partial charge >= 0.3 is 0 Å². The average Bonchev–Trinajstić information content (AvgIpc) is 2.12. The van der Waals surface area contributed by atoms with E-state index >= 15 is 0 Å². The van der Waals surface area contributed by atoms with Crippen molar-refractivity contribution in [1.29, 1.82) is 0 Å². The predicted molar refractivity (Wildman–Crippen MR) is 52.1 cm³/mol. The average molecular weight is 222 g/mol. The zero-order chi connectivity index (χ0) is 8.55. The van der Waals surface area contributed by atoms with Crippen LogP contribution in [0.15, 0.2) is 34.8 Å². The van der Waals surface area contributed by atoms with Crippen LogP contribution >= 0.6 is 15.9 Å².